The molecule has 0 amide bonds. The van der Waals surface area contributed by atoms with Crippen molar-refractivity contribution in [2.24, 2.45) is 0 Å². The maximum absolute atomic E-state index is 6.66. The van der Waals surface area contributed by atoms with Gasteiger partial charge in [-0.15, -0.1) is 0 Å². The zero-order valence-electron chi connectivity index (χ0n) is 17.2. The first-order valence-electron chi connectivity index (χ1n) is 10.4. The van der Waals surface area contributed by atoms with Crippen molar-refractivity contribution >= 4 is 14.5 Å². The molecule has 0 spiro atoms. The van der Waals surface area contributed by atoms with Gasteiger partial charge in [0.1, 0.15) is 0 Å². The highest BCUT2D eigenvalue weighted by Gasteiger charge is 2.27. The van der Waals surface area contributed by atoms with E-state index >= 15 is 0 Å². The van der Waals surface area contributed by atoms with Crippen LogP contribution in [0.5, 0.6) is 0 Å². The van der Waals surface area contributed by atoms with Crippen molar-refractivity contribution in [2.75, 3.05) is 0 Å². The predicted octanol–water partition coefficient (Wildman–Crippen LogP) is 6.62. The Morgan fingerprint density at radius 3 is 1.48 bits per heavy atom. The monoisotopic (exact) mass is 341 g/mol. The summed E-state index contributed by atoms with van der Waals surface area (Å²) in [6.45, 7) is 16.0. The molecule has 2 nitrogen and oxygen atoms in total. The van der Waals surface area contributed by atoms with Gasteiger partial charge in [-0.2, -0.15) is 0 Å². The number of rotatable bonds is 15. The fourth-order valence-corrected chi connectivity index (χ4v) is 6.41. The molecular formula is C20H44AlNO. The summed E-state index contributed by atoms with van der Waals surface area (Å²) < 4.78 is 6.66. The number of hydrogen-bond acceptors (Lipinski definition) is 2. The molecule has 0 radical (unpaired) electrons. The second kappa shape index (κ2) is 14.8. The van der Waals surface area contributed by atoms with Crippen molar-refractivity contribution in [1.29, 1.82) is 0 Å². The number of unbranched alkanes of at least 4 members (excludes halogenated alkanes) is 6. The van der Waals surface area contributed by atoms with Crippen LogP contribution in [0.25, 0.3) is 0 Å². The molecule has 0 rings (SSSR count). The highest BCUT2D eigenvalue weighted by molar-refractivity contribution is 6.51. The first-order valence-corrected chi connectivity index (χ1v) is 12.5. The summed E-state index contributed by atoms with van der Waals surface area (Å²) in [6.07, 6.45) is 11.3. The van der Waals surface area contributed by atoms with Crippen LogP contribution in [0.3, 0.4) is 0 Å². The molecule has 0 aliphatic carbocycles. The Hall–Kier alpha value is 0.452. The van der Waals surface area contributed by atoms with Gasteiger partial charge in [0.05, 0.1) is 6.23 Å². The molecule has 0 saturated carbocycles. The van der Waals surface area contributed by atoms with Gasteiger partial charge in [0.2, 0.25) is 0 Å². The van der Waals surface area contributed by atoms with E-state index < -0.39 is 14.5 Å². The Kier molecular flexibility index (Phi) is 15.1. The third-order valence-electron chi connectivity index (χ3n) is 4.76. The van der Waals surface area contributed by atoms with Crippen molar-refractivity contribution in [3.05, 3.63) is 0 Å². The first kappa shape index (κ1) is 23.5. The quantitative estimate of drug-likeness (QED) is 0.188. The molecule has 1 unspecified atom stereocenters. The third kappa shape index (κ3) is 11.6. The lowest BCUT2D eigenvalue weighted by atomic mass is 10.2. The Morgan fingerprint density at radius 2 is 1.13 bits per heavy atom. The minimum Gasteiger partial charge on any atom is -0.487 e. The van der Waals surface area contributed by atoms with Gasteiger partial charge in [-0.3, -0.25) is 4.90 Å². The fourth-order valence-electron chi connectivity index (χ4n) is 3.66. The van der Waals surface area contributed by atoms with Crippen molar-refractivity contribution in [3.63, 3.8) is 0 Å². The Balaban J connectivity index is 4.44. The van der Waals surface area contributed by atoms with Crippen LogP contribution in [-0.4, -0.2) is 37.7 Å². The topological polar surface area (TPSA) is 12.5 Å². The van der Waals surface area contributed by atoms with E-state index in [-0.39, 0.29) is 6.23 Å². The van der Waals surface area contributed by atoms with Crippen LogP contribution >= 0.6 is 0 Å². The fraction of sp³-hybridized carbons (Fsp3) is 1.00. The molecule has 0 aromatic heterocycles. The second-order valence-corrected chi connectivity index (χ2v) is 10.4. The summed E-state index contributed by atoms with van der Waals surface area (Å²) in [5, 5.41) is 2.75. The molecular weight excluding hydrogens is 297 g/mol. The van der Waals surface area contributed by atoms with Gasteiger partial charge in [0.25, 0.3) is 0 Å². The van der Waals surface area contributed by atoms with Crippen molar-refractivity contribution in [2.45, 2.75) is 129 Å². The number of nitrogens with zero attached hydrogens (tertiary/aromatic N) is 1. The van der Waals surface area contributed by atoms with Crippen LogP contribution < -0.4 is 0 Å². The molecule has 0 aromatic carbocycles. The van der Waals surface area contributed by atoms with E-state index in [0.717, 1.165) is 0 Å². The third-order valence-corrected chi connectivity index (χ3v) is 7.64. The van der Waals surface area contributed by atoms with E-state index in [1.807, 2.05) is 0 Å². The lowest BCUT2D eigenvalue weighted by molar-refractivity contribution is -0.00852. The molecule has 0 bridgehead atoms. The van der Waals surface area contributed by atoms with Gasteiger partial charge >= 0.3 is 14.5 Å². The maximum Gasteiger partial charge on any atom is 0.461 e. The molecule has 138 valence electrons. The van der Waals surface area contributed by atoms with Gasteiger partial charge in [-0.25, -0.2) is 0 Å². The lowest BCUT2D eigenvalue weighted by Gasteiger charge is -2.38. The minimum atomic E-state index is -1.06. The van der Waals surface area contributed by atoms with E-state index in [1.54, 1.807) is 0 Å². The van der Waals surface area contributed by atoms with Gasteiger partial charge < -0.3 is 3.79 Å². The van der Waals surface area contributed by atoms with Gasteiger partial charge in [0, 0.05) is 12.1 Å². The molecule has 23 heavy (non-hydrogen) atoms. The van der Waals surface area contributed by atoms with E-state index in [0.29, 0.717) is 12.1 Å². The van der Waals surface area contributed by atoms with Crippen LogP contribution in [0.4, 0.5) is 0 Å². The first-order chi connectivity index (χ1) is 10.9. The lowest BCUT2D eigenvalue weighted by Crippen LogP contribution is -2.47. The Labute approximate surface area is 152 Å². The van der Waals surface area contributed by atoms with Crippen molar-refractivity contribution in [1.82, 2.24) is 4.90 Å². The molecule has 0 heterocycles. The summed E-state index contributed by atoms with van der Waals surface area (Å²) in [5.74, 6) is 0. The molecule has 0 saturated heterocycles. The van der Waals surface area contributed by atoms with Crippen molar-refractivity contribution in [3.8, 4) is 0 Å². The van der Waals surface area contributed by atoms with Crippen LogP contribution in [0.15, 0.2) is 0 Å². The summed E-state index contributed by atoms with van der Waals surface area (Å²) in [5.41, 5.74) is 0. The average Bonchev–Trinajstić information content (AvgIpc) is 2.46. The average molecular weight is 342 g/mol. The molecule has 0 N–H and O–H groups in total. The zero-order valence-corrected chi connectivity index (χ0v) is 18.4. The molecule has 0 aliphatic heterocycles. The normalized spacial score (nSPS) is 13.3. The SMILES string of the molecule is CCCCC[CH2][Al]([CH2]CCCCC)[O]C(C)N(C(C)C)C(C)C. The summed E-state index contributed by atoms with van der Waals surface area (Å²) in [7, 11) is 0. The van der Waals surface area contributed by atoms with Crippen LogP contribution in [0, 0.1) is 0 Å². The van der Waals surface area contributed by atoms with Gasteiger partial charge in [-0.05, 0) is 34.6 Å². The largest absolute Gasteiger partial charge is 0.487 e. The second-order valence-electron chi connectivity index (χ2n) is 7.69. The maximum atomic E-state index is 6.66. The Morgan fingerprint density at radius 1 is 0.696 bits per heavy atom. The summed E-state index contributed by atoms with van der Waals surface area (Å²) >= 11 is -1.06. The minimum absolute atomic E-state index is 0.281. The van der Waals surface area contributed by atoms with Crippen molar-refractivity contribution < 1.29 is 3.79 Å². The van der Waals surface area contributed by atoms with E-state index in [2.05, 4.69) is 53.4 Å². The molecule has 0 aromatic rings. The van der Waals surface area contributed by atoms with Gasteiger partial charge in [0.15, 0.2) is 0 Å². The Bertz CT molecular complexity index is 238. The van der Waals surface area contributed by atoms with Gasteiger partial charge in [-0.1, -0.05) is 75.8 Å². The highest BCUT2D eigenvalue weighted by atomic mass is 27.2. The number of hydrogen-bond donors (Lipinski definition) is 0. The van der Waals surface area contributed by atoms with E-state index in [4.69, 9.17) is 3.79 Å². The summed E-state index contributed by atoms with van der Waals surface area (Å²) in [6, 6.07) is 1.11. The van der Waals surface area contributed by atoms with E-state index in [9.17, 15) is 0 Å². The molecule has 1 atom stereocenters. The highest BCUT2D eigenvalue weighted by Crippen LogP contribution is 2.19. The molecule has 3 heteroatoms. The smallest absolute Gasteiger partial charge is 0.461 e. The molecule has 0 fully saturated rings. The van der Waals surface area contributed by atoms with Crippen LogP contribution in [0.1, 0.15) is 99.8 Å². The van der Waals surface area contributed by atoms with E-state index in [1.165, 1.54) is 61.9 Å². The summed E-state index contributed by atoms with van der Waals surface area (Å²) in [4.78, 5) is 2.53. The molecule has 0 aliphatic rings. The van der Waals surface area contributed by atoms with Crippen LogP contribution in [-0.2, 0) is 3.79 Å². The zero-order chi connectivity index (χ0) is 17.7. The predicted molar refractivity (Wildman–Crippen MR) is 106 cm³/mol. The van der Waals surface area contributed by atoms with Crippen LogP contribution in [0.2, 0.25) is 10.6 Å². The standard InChI is InChI=1S/C8H18NO.2C6H13.Al/c1-6(2)9(7(3)4)8(5)10;2*1-3-5-6-4-2;/h6-8H,1-5H3;2*1,3-6H2,2H3;/q-1;;;+1.